The van der Waals surface area contributed by atoms with E-state index in [0.29, 0.717) is 18.1 Å². The number of aromatic nitrogens is 3. The molecular formula is C15H16N4O2. The van der Waals surface area contributed by atoms with Gasteiger partial charge in [0.1, 0.15) is 0 Å². The zero-order valence-corrected chi connectivity index (χ0v) is 11.9. The molecule has 0 fully saturated rings. The predicted octanol–water partition coefficient (Wildman–Crippen LogP) is 2.24. The van der Waals surface area contributed by atoms with E-state index in [9.17, 15) is 4.79 Å². The summed E-state index contributed by atoms with van der Waals surface area (Å²) in [6.45, 7) is 4.74. The number of hydrogen-bond acceptors (Lipinski definition) is 4. The monoisotopic (exact) mass is 284 g/mol. The summed E-state index contributed by atoms with van der Waals surface area (Å²) in [5.41, 5.74) is 2.76. The number of H-pyrrole nitrogens is 1. The molecule has 21 heavy (non-hydrogen) atoms. The normalized spacial score (nSPS) is 11.7. The van der Waals surface area contributed by atoms with Gasteiger partial charge in [-0.2, -0.15) is 0 Å². The number of fused-ring (bicyclic) bond motifs is 1. The molecule has 0 aliphatic carbocycles. The third kappa shape index (κ3) is 2.52. The van der Waals surface area contributed by atoms with E-state index >= 15 is 0 Å². The fraction of sp³-hybridized carbons (Fsp3) is 0.267. The summed E-state index contributed by atoms with van der Waals surface area (Å²) in [6, 6.07) is 7.80. The van der Waals surface area contributed by atoms with Crippen molar-refractivity contribution in [2.45, 2.75) is 19.3 Å². The van der Waals surface area contributed by atoms with Gasteiger partial charge in [-0.1, -0.05) is 25.1 Å². The summed E-state index contributed by atoms with van der Waals surface area (Å²) in [5.74, 6) is 1.26. The van der Waals surface area contributed by atoms with Gasteiger partial charge in [0.15, 0.2) is 5.82 Å². The van der Waals surface area contributed by atoms with E-state index in [2.05, 4.69) is 40.4 Å². The van der Waals surface area contributed by atoms with Crippen molar-refractivity contribution in [2.75, 3.05) is 6.54 Å². The number of carbonyl (C=O) groups excluding carboxylic acids is 1. The van der Waals surface area contributed by atoms with Gasteiger partial charge in [-0.15, -0.1) is 0 Å². The Balaban J connectivity index is 1.98. The van der Waals surface area contributed by atoms with E-state index in [0.717, 1.165) is 23.0 Å². The Kier molecular flexibility index (Phi) is 3.21. The van der Waals surface area contributed by atoms with Crippen LogP contribution in [0.4, 0.5) is 0 Å². The fourth-order valence-corrected chi connectivity index (χ4v) is 2.28. The van der Waals surface area contributed by atoms with Crippen molar-refractivity contribution in [1.82, 2.24) is 20.4 Å². The Labute approximate surface area is 121 Å². The van der Waals surface area contributed by atoms with E-state index < -0.39 is 0 Å². The van der Waals surface area contributed by atoms with Crippen molar-refractivity contribution in [1.29, 1.82) is 0 Å². The van der Waals surface area contributed by atoms with Gasteiger partial charge in [0.2, 0.25) is 12.2 Å². The van der Waals surface area contributed by atoms with E-state index in [1.807, 2.05) is 12.1 Å². The van der Waals surface area contributed by atoms with Gasteiger partial charge in [0.25, 0.3) is 0 Å². The fourth-order valence-electron chi connectivity index (χ4n) is 2.28. The van der Waals surface area contributed by atoms with Gasteiger partial charge in [-0.05, 0) is 17.7 Å². The number of rotatable bonds is 5. The zero-order valence-electron chi connectivity index (χ0n) is 11.9. The van der Waals surface area contributed by atoms with Crippen molar-refractivity contribution < 1.29 is 9.32 Å². The van der Waals surface area contributed by atoms with Crippen LogP contribution in [0.2, 0.25) is 0 Å². The second-order valence-corrected chi connectivity index (χ2v) is 5.58. The Bertz CT molecular complexity index is 759. The molecule has 0 aliphatic rings. The number of imidazole rings is 1. The Hall–Kier alpha value is -2.63. The number of benzene rings is 1. The molecule has 6 heteroatoms. The van der Waals surface area contributed by atoms with Crippen molar-refractivity contribution in [2.24, 2.45) is 0 Å². The molecular weight excluding hydrogens is 268 g/mol. The maximum absolute atomic E-state index is 10.5. The third-order valence-electron chi connectivity index (χ3n) is 3.56. The smallest absolute Gasteiger partial charge is 0.207 e. The minimum atomic E-state index is -0.160. The Morgan fingerprint density at radius 3 is 2.95 bits per heavy atom. The lowest BCUT2D eigenvalue weighted by atomic mass is 9.84. The number of aromatic amines is 1. The molecule has 0 bridgehead atoms. The summed E-state index contributed by atoms with van der Waals surface area (Å²) < 4.78 is 5.11. The van der Waals surface area contributed by atoms with Crippen LogP contribution >= 0.6 is 0 Å². The highest BCUT2D eigenvalue weighted by molar-refractivity contribution is 5.79. The van der Waals surface area contributed by atoms with Crippen LogP contribution in [0, 0.1) is 0 Å². The van der Waals surface area contributed by atoms with Crippen molar-refractivity contribution >= 4 is 17.4 Å². The van der Waals surface area contributed by atoms with Crippen LogP contribution in [-0.2, 0) is 10.2 Å². The topological polar surface area (TPSA) is 83.8 Å². The highest BCUT2D eigenvalue weighted by Gasteiger charge is 2.21. The molecule has 0 aliphatic heterocycles. The summed E-state index contributed by atoms with van der Waals surface area (Å²) in [5, 5.41) is 6.42. The van der Waals surface area contributed by atoms with E-state index in [1.165, 1.54) is 0 Å². The maximum Gasteiger partial charge on any atom is 0.207 e. The Morgan fingerprint density at radius 2 is 2.24 bits per heavy atom. The first-order valence-electron chi connectivity index (χ1n) is 6.68. The quantitative estimate of drug-likeness (QED) is 0.704. The van der Waals surface area contributed by atoms with Gasteiger partial charge in [0.05, 0.1) is 17.2 Å². The van der Waals surface area contributed by atoms with Gasteiger partial charge < -0.3 is 14.8 Å². The molecule has 1 aromatic carbocycles. The lowest BCUT2D eigenvalue weighted by Crippen LogP contribution is -2.32. The van der Waals surface area contributed by atoms with E-state index in [-0.39, 0.29) is 5.41 Å². The lowest BCUT2D eigenvalue weighted by Gasteiger charge is -2.24. The maximum atomic E-state index is 10.5. The molecule has 0 atom stereocenters. The third-order valence-corrected chi connectivity index (χ3v) is 3.56. The van der Waals surface area contributed by atoms with Crippen LogP contribution < -0.4 is 5.32 Å². The molecule has 2 aromatic heterocycles. The summed E-state index contributed by atoms with van der Waals surface area (Å²) in [6.07, 6.45) is 2.31. The number of nitrogens with one attached hydrogen (secondary N) is 2. The van der Waals surface area contributed by atoms with Gasteiger partial charge >= 0.3 is 0 Å². The molecule has 2 N–H and O–H groups in total. The first kappa shape index (κ1) is 13.4. The highest BCUT2D eigenvalue weighted by atomic mass is 16.5. The first-order valence-corrected chi connectivity index (χ1v) is 6.68. The second kappa shape index (κ2) is 5.05. The largest absolute Gasteiger partial charge is 0.358 e. The van der Waals surface area contributed by atoms with E-state index in [4.69, 9.17) is 4.52 Å². The lowest BCUT2D eigenvalue weighted by molar-refractivity contribution is -0.109. The molecule has 0 spiro atoms. The van der Waals surface area contributed by atoms with Crippen LogP contribution in [0.15, 0.2) is 35.0 Å². The van der Waals surface area contributed by atoms with Gasteiger partial charge in [-0.3, -0.25) is 4.79 Å². The number of amides is 1. The molecule has 2 heterocycles. The van der Waals surface area contributed by atoms with Crippen molar-refractivity contribution in [3.05, 3.63) is 36.0 Å². The van der Waals surface area contributed by atoms with Crippen LogP contribution in [0.1, 0.15) is 19.4 Å². The average Bonchev–Trinajstić information content (AvgIpc) is 3.12. The minimum absolute atomic E-state index is 0.160. The standard InChI is InChI=1S/C15H16N4O2/c1-15(2,8-16-9-20)10-3-4-11-12(7-10)19-14(18-11)13-5-6-17-21-13/h3-7,9H,8H2,1-2H3,(H,16,20)(H,18,19). The van der Waals surface area contributed by atoms with Crippen LogP contribution in [0.25, 0.3) is 22.6 Å². The molecule has 1 amide bonds. The average molecular weight is 284 g/mol. The minimum Gasteiger partial charge on any atom is -0.358 e. The Morgan fingerprint density at radius 1 is 1.38 bits per heavy atom. The van der Waals surface area contributed by atoms with Crippen LogP contribution in [-0.4, -0.2) is 28.1 Å². The van der Waals surface area contributed by atoms with Gasteiger partial charge in [0, 0.05) is 18.0 Å². The van der Waals surface area contributed by atoms with Crippen molar-refractivity contribution in [3.63, 3.8) is 0 Å². The van der Waals surface area contributed by atoms with Crippen LogP contribution in [0.5, 0.6) is 0 Å². The predicted molar refractivity (Wildman–Crippen MR) is 78.7 cm³/mol. The van der Waals surface area contributed by atoms with E-state index in [1.54, 1.807) is 12.3 Å². The second-order valence-electron chi connectivity index (χ2n) is 5.58. The molecule has 3 aromatic rings. The molecule has 0 saturated heterocycles. The number of hydrogen-bond donors (Lipinski definition) is 2. The molecule has 0 unspecified atom stereocenters. The molecule has 0 saturated carbocycles. The highest BCUT2D eigenvalue weighted by Crippen LogP contribution is 2.27. The molecule has 108 valence electrons. The van der Waals surface area contributed by atoms with Crippen LogP contribution in [0.3, 0.4) is 0 Å². The number of carbonyl (C=O) groups is 1. The van der Waals surface area contributed by atoms with Crippen molar-refractivity contribution in [3.8, 4) is 11.6 Å². The number of nitrogens with zero attached hydrogens (tertiary/aromatic N) is 2. The molecule has 6 nitrogen and oxygen atoms in total. The first-order chi connectivity index (χ1) is 10.1. The van der Waals surface area contributed by atoms with Gasteiger partial charge in [-0.25, -0.2) is 4.98 Å². The molecule has 0 radical (unpaired) electrons. The summed E-state index contributed by atoms with van der Waals surface area (Å²) in [4.78, 5) is 18.2. The zero-order chi connectivity index (χ0) is 14.9. The molecule has 3 rings (SSSR count). The summed E-state index contributed by atoms with van der Waals surface area (Å²) in [7, 11) is 0. The SMILES string of the molecule is CC(C)(CNC=O)c1ccc2nc(-c3ccno3)[nH]c2c1. The summed E-state index contributed by atoms with van der Waals surface area (Å²) >= 11 is 0.